The molecule has 0 bridgehead atoms. The standard InChI is InChI=1S/C17H15FN4O3S/c1-11(23)22(15-6-4-3-5-14(15)18)17-20-13(10-26-17)9-25-16(24)12-7-19-21(2)8-12/h3-8,10H,9H2,1-2H3. The number of aromatic nitrogens is 3. The summed E-state index contributed by atoms with van der Waals surface area (Å²) in [6, 6.07) is 5.95. The van der Waals surface area contributed by atoms with E-state index in [1.807, 2.05) is 0 Å². The number of carbonyl (C=O) groups excluding carboxylic acids is 2. The molecule has 0 spiro atoms. The summed E-state index contributed by atoms with van der Waals surface area (Å²) in [7, 11) is 1.70. The molecular formula is C17H15FN4O3S. The molecule has 2 heterocycles. The summed E-state index contributed by atoms with van der Waals surface area (Å²) in [4.78, 5) is 29.4. The highest BCUT2D eigenvalue weighted by Crippen LogP contribution is 2.30. The first-order valence-electron chi connectivity index (χ1n) is 7.61. The summed E-state index contributed by atoms with van der Waals surface area (Å²) in [6.45, 7) is 1.27. The number of hydrogen-bond donors (Lipinski definition) is 0. The first-order chi connectivity index (χ1) is 12.5. The number of esters is 1. The molecule has 26 heavy (non-hydrogen) atoms. The molecule has 0 saturated heterocycles. The largest absolute Gasteiger partial charge is 0.455 e. The van der Waals surface area contributed by atoms with Crippen LogP contribution in [-0.4, -0.2) is 26.6 Å². The average molecular weight is 374 g/mol. The number of carbonyl (C=O) groups is 2. The van der Waals surface area contributed by atoms with Gasteiger partial charge in [0.05, 0.1) is 23.1 Å². The second kappa shape index (κ2) is 7.44. The van der Waals surface area contributed by atoms with Crippen molar-refractivity contribution in [1.82, 2.24) is 14.8 Å². The lowest BCUT2D eigenvalue weighted by atomic mass is 10.3. The van der Waals surface area contributed by atoms with E-state index in [9.17, 15) is 14.0 Å². The number of rotatable bonds is 5. The fourth-order valence-corrected chi connectivity index (χ4v) is 3.12. The number of hydrogen-bond acceptors (Lipinski definition) is 6. The van der Waals surface area contributed by atoms with E-state index in [2.05, 4.69) is 10.1 Å². The highest BCUT2D eigenvalue weighted by atomic mass is 32.1. The molecule has 0 aliphatic heterocycles. The van der Waals surface area contributed by atoms with E-state index in [0.29, 0.717) is 16.4 Å². The van der Waals surface area contributed by atoms with Gasteiger partial charge in [-0.2, -0.15) is 5.10 Å². The van der Waals surface area contributed by atoms with Crippen molar-refractivity contribution in [3.05, 3.63) is 59.1 Å². The third kappa shape index (κ3) is 3.77. The molecule has 0 radical (unpaired) electrons. The molecule has 0 N–H and O–H groups in total. The van der Waals surface area contributed by atoms with Crippen molar-refractivity contribution in [1.29, 1.82) is 0 Å². The van der Waals surface area contributed by atoms with Crippen LogP contribution in [-0.2, 0) is 23.2 Å². The van der Waals surface area contributed by atoms with Crippen molar-refractivity contribution in [2.24, 2.45) is 7.05 Å². The van der Waals surface area contributed by atoms with Gasteiger partial charge in [0.1, 0.15) is 12.4 Å². The fourth-order valence-electron chi connectivity index (χ4n) is 2.26. The number of nitrogens with zero attached hydrogens (tertiary/aromatic N) is 4. The van der Waals surface area contributed by atoms with Crippen molar-refractivity contribution < 1.29 is 18.7 Å². The van der Waals surface area contributed by atoms with Gasteiger partial charge >= 0.3 is 5.97 Å². The molecular weight excluding hydrogens is 359 g/mol. The van der Waals surface area contributed by atoms with E-state index in [-0.39, 0.29) is 18.2 Å². The summed E-state index contributed by atoms with van der Waals surface area (Å²) < 4.78 is 20.7. The van der Waals surface area contributed by atoms with E-state index in [4.69, 9.17) is 4.74 Å². The van der Waals surface area contributed by atoms with Crippen molar-refractivity contribution in [2.75, 3.05) is 4.90 Å². The predicted octanol–water partition coefficient (Wildman–Crippen LogP) is 3.06. The van der Waals surface area contributed by atoms with Gasteiger partial charge < -0.3 is 4.74 Å². The highest BCUT2D eigenvalue weighted by molar-refractivity contribution is 7.14. The normalized spacial score (nSPS) is 10.6. The maximum atomic E-state index is 14.0. The molecule has 3 rings (SSSR count). The van der Waals surface area contributed by atoms with Crippen molar-refractivity contribution in [3.8, 4) is 0 Å². The number of benzene rings is 1. The number of anilines is 2. The van der Waals surface area contributed by atoms with Crippen LogP contribution in [0.2, 0.25) is 0 Å². The van der Waals surface area contributed by atoms with E-state index in [1.165, 1.54) is 34.8 Å². The summed E-state index contributed by atoms with van der Waals surface area (Å²) in [6.07, 6.45) is 2.95. The zero-order chi connectivity index (χ0) is 18.7. The van der Waals surface area contributed by atoms with Gasteiger partial charge in [0.25, 0.3) is 0 Å². The van der Waals surface area contributed by atoms with Crippen LogP contribution in [0.4, 0.5) is 15.2 Å². The molecule has 0 saturated carbocycles. The molecule has 9 heteroatoms. The fraction of sp³-hybridized carbons (Fsp3) is 0.176. The number of amides is 1. The van der Waals surface area contributed by atoms with Crippen LogP contribution in [0.5, 0.6) is 0 Å². The van der Waals surface area contributed by atoms with Gasteiger partial charge in [-0.15, -0.1) is 11.3 Å². The molecule has 0 fully saturated rings. The van der Waals surface area contributed by atoms with Gasteiger partial charge in [0.15, 0.2) is 5.13 Å². The minimum absolute atomic E-state index is 0.0623. The lowest BCUT2D eigenvalue weighted by Crippen LogP contribution is -2.23. The van der Waals surface area contributed by atoms with Crippen LogP contribution < -0.4 is 4.90 Å². The second-order valence-electron chi connectivity index (χ2n) is 5.41. The number of aryl methyl sites for hydroxylation is 1. The zero-order valence-corrected chi connectivity index (χ0v) is 14.9. The molecule has 0 unspecified atom stereocenters. The molecule has 7 nitrogen and oxygen atoms in total. The van der Waals surface area contributed by atoms with Gasteiger partial charge in [-0.05, 0) is 12.1 Å². The van der Waals surface area contributed by atoms with E-state index in [0.717, 1.165) is 11.3 Å². The van der Waals surface area contributed by atoms with Crippen LogP contribution in [0.1, 0.15) is 23.0 Å². The lowest BCUT2D eigenvalue weighted by Gasteiger charge is -2.18. The van der Waals surface area contributed by atoms with Crippen LogP contribution in [0.3, 0.4) is 0 Å². The number of halogens is 1. The summed E-state index contributed by atoms with van der Waals surface area (Å²) in [5.41, 5.74) is 0.915. The Balaban J connectivity index is 1.74. The minimum atomic E-state index is -0.526. The maximum Gasteiger partial charge on any atom is 0.341 e. The Morgan fingerprint density at radius 3 is 2.77 bits per heavy atom. The second-order valence-corrected chi connectivity index (χ2v) is 6.24. The highest BCUT2D eigenvalue weighted by Gasteiger charge is 2.21. The summed E-state index contributed by atoms with van der Waals surface area (Å²) in [5, 5.41) is 5.86. The van der Waals surface area contributed by atoms with Crippen molar-refractivity contribution in [3.63, 3.8) is 0 Å². The minimum Gasteiger partial charge on any atom is -0.455 e. The smallest absolute Gasteiger partial charge is 0.341 e. The molecule has 1 aromatic carbocycles. The topological polar surface area (TPSA) is 77.3 Å². The Morgan fingerprint density at radius 2 is 2.12 bits per heavy atom. The maximum absolute atomic E-state index is 14.0. The van der Waals surface area contributed by atoms with Gasteiger partial charge in [-0.25, -0.2) is 14.2 Å². The Bertz CT molecular complexity index is 953. The van der Waals surface area contributed by atoms with E-state index in [1.54, 1.807) is 30.8 Å². The molecule has 0 atom stereocenters. The van der Waals surface area contributed by atoms with Gasteiger partial charge in [-0.3, -0.25) is 14.4 Å². The lowest BCUT2D eigenvalue weighted by molar-refractivity contribution is -0.115. The molecule has 2 aromatic heterocycles. The number of ether oxygens (including phenoxy) is 1. The summed E-state index contributed by atoms with van der Waals surface area (Å²) >= 11 is 1.16. The monoisotopic (exact) mass is 374 g/mol. The third-order valence-electron chi connectivity index (χ3n) is 3.43. The quantitative estimate of drug-likeness (QED) is 0.642. The Kier molecular flexibility index (Phi) is 5.08. The molecule has 3 aromatic rings. The van der Waals surface area contributed by atoms with E-state index < -0.39 is 11.8 Å². The van der Waals surface area contributed by atoms with Crippen LogP contribution in [0.15, 0.2) is 42.0 Å². The first kappa shape index (κ1) is 17.7. The van der Waals surface area contributed by atoms with Crippen LogP contribution in [0, 0.1) is 5.82 Å². The number of para-hydroxylation sites is 1. The number of thiazole rings is 1. The molecule has 0 aliphatic rings. The molecule has 1 amide bonds. The Labute approximate surface area is 152 Å². The van der Waals surface area contributed by atoms with Crippen molar-refractivity contribution in [2.45, 2.75) is 13.5 Å². The third-order valence-corrected chi connectivity index (χ3v) is 4.31. The van der Waals surface area contributed by atoms with Gasteiger partial charge in [-0.1, -0.05) is 12.1 Å². The zero-order valence-electron chi connectivity index (χ0n) is 14.0. The first-order valence-corrected chi connectivity index (χ1v) is 8.49. The predicted molar refractivity (Wildman–Crippen MR) is 93.7 cm³/mol. The van der Waals surface area contributed by atoms with Gasteiger partial charge in [0.2, 0.25) is 5.91 Å². The van der Waals surface area contributed by atoms with Crippen molar-refractivity contribution >= 4 is 34.0 Å². The van der Waals surface area contributed by atoms with Crippen LogP contribution in [0.25, 0.3) is 0 Å². The average Bonchev–Trinajstić information content (AvgIpc) is 3.24. The van der Waals surface area contributed by atoms with Crippen LogP contribution >= 0.6 is 11.3 Å². The van der Waals surface area contributed by atoms with E-state index >= 15 is 0 Å². The molecule has 134 valence electrons. The Morgan fingerprint density at radius 1 is 1.35 bits per heavy atom. The van der Waals surface area contributed by atoms with Gasteiger partial charge in [0, 0.05) is 25.5 Å². The SMILES string of the molecule is CC(=O)N(c1nc(COC(=O)c2cnn(C)c2)cs1)c1ccccc1F. The Hall–Kier alpha value is -3.07. The summed E-state index contributed by atoms with van der Waals surface area (Å²) in [5.74, 6) is -1.42. The molecule has 0 aliphatic carbocycles.